The van der Waals surface area contributed by atoms with Gasteiger partial charge in [-0.15, -0.1) is 0 Å². The van der Waals surface area contributed by atoms with Crippen molar-refractivity contribution in [3.63, 3.8) is 0 Å². The Morgan fingerprint density at radius 2 is 1.60 bits per heavy atom. The highest BCUT2D eigenvalue weighted by Crippen LogP contribution is 2.70. The number of ether oxygens (including phenoxy) is 2. The van der Waals surface area contributed by atoms with Crippen molar-refractivity contribution < 1.29 is 29.0 Å². The van der Waals surface area contributed by atoms with Crippen molar-refractivity contribution in [2.24, 2.45) is 34.0 Å². The Bertz CT molecular complexity index is 778. The smallest absolute Gasteiger partial charge is 0.312 e. The van der Waals surface area contributed by atoms with Crippen LogP contribution in [0, 0.1) is 34.0 Å². The molecule has 6 nitrogen and oxygen atoms in total. The third-order valence-corrected chi connectivity index (χ3v) is 10.2. The van der Waals surface area contributed by atoms with Crippen LogP contribution in [0.4, 0.5) is 0 Å². The van der Waals surface area contributed by atoms with Gasteiger partial charge in [-0.1, -0.05) is 13.8 Å². The molecular weight excluding hydrogens is 384 g/mol. The van der Waals surface area contributed by atoms with Crippen LogP contribution < -0.4 is 0 Å². The Balaban J connectivity index is 1.66. The Hall–Kier alpha value is -1.43. The SMILES string of the molecule is COC(=O)C1(C)CC[C@H]2[C@@H]3CC(=O)C4(O)CC(OC(C)=O)CC[C@]4(C)[C@@H]3CC[C@@]21C. The highest BCUT2D eigenvalue weighted by molar-refractivity contribution is 5.90. The van der Waals surface area contributed by atoms with Gasteiger partial charge in [0.1, 0.15) is 11.7 Å². The van der Waals surface area contributed by atoms with Gasteiger partial charge in [0, 0.05) is 25.2 Å². The molecule has 3 unspecified atom stereocenters. The number of Topliss-reactive ketones (excluding diaryl/α,β-unsaturated/α-hetero) is 1. The molecule has 0 aromatic carbocycles. The van der Waals surface area contributed by atoms with E-state index in [0.29, 0.717) is 19.3 Å². The van der Waals surface area contributed by atoms with E-state index in [0.717, 1.165) is 25.7 Å². The third kappa shape index (κ3) is 2.61. The second kappa shape index (κ2) is 6.78. The molecule has 6 heteroatoms. The normalized spacial score (nSPS) is 50.1. The molecule has 0 amide bonds. The lowest BCUT2D eigenvalue weighted by molar-refractivity contribution is -0.219. The number of carbonyl (C=O) groups excluding carboxylic acids is 3. The maximum absolute atomic E-state index is 13.4. The minimum absolute atomic E-state index is 0.112. The standard InChI is InChI=1S/C24H36O6/c1-14(25)30-15-6-9-22(3)18-7-10-21(2)17(8-11-23(21,4)20(27)29-5)16(18)12-19(26)24(22,28)13-15/h15-18,28H,6-13H2,1-5H3/t15?,16-,17-,18+,21-,22+,23?,24?/m0/s1. The zero-order valence-corrected chi connectivity index (χ0v) is 19.0. The minimum Gasteiger partial charge on any atom is -0.469 e. The fraction of sp³-hybridized carbons (Fsp3) is 0.875. The number of esters is 2. The van der Waals surface area contributed by atoms with Crippen LogP contribution in [0.15, 0.2) is 0 Å². The molecule has 8 atom stereocenters. The average Bonchev–Trinajstić information content (AvgIpc) is 2.95. The van der Waals surface area contributed by atoms with Crippen LogP contribution in [0.2, 0.25) is 0 Å². The summed E-state index contributed by atoms with van der Waals surface area (Å²) < 4.78 is 10.6. The first-order valence-corrected chi connectivity index (χ1v) is 11.4. The molecule has 0 heterocycles. The van der Waals surface area contributed by atoms with E-state index in [1.54, 1.807) is 0 Å². The van der Waals surface area contributed by atoms with Gasteiger partial charge in [-0.25, -0.2) is 0 Å². The summed E-state index contributed by atoms with van der Waals surface area (Å²) in [5, 5.41) is 11.7. The van der Waals surface area contributed by atoms with E-state index in [9.17, 15) is 19.5 Å². The minimum atomic E-state index is -1.44. The second-order valence-corrected chi connectivity index (χ2v) is 11.1. The van der Waals surface area contributed by atoms with E-state index < -0.39 is 22.5 Å². The second-order valence-electron chi connectivity index (χ2n) is 11.1. The first-order valence-electron chi connectivity index (χ1n) is 11.4. The number of aliphatic hydroxyl groups is 1. The molecule has 168 valence electrons. The number of methoxy groups -OCH3 is 1. The van der Waals surface area contributed by atoms with Gasteiger partial charge >= 0.3 is 11.9 Å². The first kappa shape index (κ1) is 21.8. The van der Waals surface area contributed by atoms with Gasteiger partial charge < -0.3 is 14.6 Å². The first-order chi connectivity index (χ1) is 13.9. The molecule has 0 saturated heterocycles. The molecule has 4 fully saturated rings. The van der Waals surface area contributed by atoms with Crippen molar-refractivity contribution in [3.8, 4) is 0 Å². The molecule has 4 aliphatic carbocycles. The number of ketones is 1. The monoisotopic (exact) mass is 420 g/mol. The predicted octanol–water partition coefficient (Wildman–Crippen LogP) is 3.43. The lowest BCUT2D eigenvalue weighted by Gasteiger charge is -2.63. The molecule has 0 radical (unpaired) electrons. The summed E-state index contributed by atoms with van der Waals surface area (Å²) in [6.45, 7) is 7.69. The van der Waals surface area contributed by atoms with E-state index in [4.69, 9.17) is 9.47 Å². The summed E-state index contributed by atoms with van der Waals surface area (Å²) in [4.78, 5) is 37.6. The fourth-order valence-electron chi connectivity index (χ4n) is 8.17. The maximum Gasteiger partial charge on any atom is 0.312 e. The number of fused-ring (bicyclic) bond motifs is 5. The van der Waals surface area contributed by atoms with Gasteiger partial charge in [0.2, 0.25) is 0 Å². The van der Waals surface area contributed by atoms with E-state index in [2.05, 4.69) is 13.8 Å². The van der Waals surface area contributed by atoms with Crippen molar-refractivity contribution >= 4 is 17.7 Å². The zero-order valence-electron chi connectivity index (χ0n) is 19.0. The van der Waals surface area contributed by atoms with E-state index in [-0.39, 0.29) is 47.3 Å². The van der Waals surface area contributed by atoms with E-state index in [1.165, 1.54) is 14.0 Å². The number of hydrogen-bond donors (Lipinski definition) is 1. The molecular formula is C24H36O6. The lowest BCUT2D eigenvalue weighted by Crippen LogP contribution is -2.67. The number of rotatable bonds is 2. The van der Waals surface area contributed by atoms with Gasteiger partial charge in [0.15, 0.2) is 5.78 Å². The summed E-state index contributed by atoms with van der Waals surface area (Å²) >= 11 is 0. The maximum atomic E-state index is 13.4. The quantitative estimate of drug-likeness (QED) is 0.689. The van der Waals surface area contributed by atoms with Gasteiger partial charge in [0.25, 0.3) is 0 Å². The summed E-state index contributed by atoms with van der Waals surface area (Å²) in [5.74, 6) is 0.0678. The van der Waals surface area contributed by atoms with Crippen molar-refractivity contribution in [2.45, 2.75) is 90.8 Å². The fourth-order valence-corrected chi connectivity index (χ4v) is 8.17. The van der Waals surface area contributed by atoms with Crippen LogP contribution in [0.3, 0.4) is 0 Å². The van der Waals surface area contributed by atoms with Crippen molar-refractivity contribution in [1.82, 2.24) is 0 Å². The molecule has 0 aromatic heterocycles. The van der Waals surface area contributed by atoms with Gasteiger partial charge in [-0.05, 0) is 68.6 Å². The van der Waals surface area contributed by atoms with Crippen LogP contribution in [0.1, 0.15) is 79.1 Å². The number of hydrogen-bond acceptors (Lipinski definition) is 6. The van der Waals surface area contributed by atoms with Crippen LogP contribution in [0.25, 0.3) is 0 Å². The molecule has 0 aliphatic heterocycles. The van der Waals surface area contributed by atoms with Crippen LogP contribution in [-0.2, 0) is 23.9 Å². The largest absolute Gasteiger partial charge is 0.469 e. The van der Waals surface area contributed by atoms with Crippen LogP contribution in [-0.4, -0.2) is 41.6 Å². The third-order valence-electron chi connectivity index (χ3n) is 10.2. The Labute approximate surface area is 179 Å². The van der Waals surface area contributed by atoms with Crippen LogP contribution in [0.5, 0.6) is 0 Å². The highest BCUT2D eigenvalue weighted by Gasteiger charge is 2.70. The van der Waals surface area contributed by atoms with Gasteiger partial charge in [-0.3, -0.25) is 14.4 Å². The van der Waals surface area contributed by atoms with Gasteiger partial charge in [0.05, 0.1) is 12.5 Å². The Kier molecular flexibility index (Phi) is 4.93. The summed E-state index contributed by atoms with van der Waals surface area (Å²) in [6.07, 6.45) is 5.00. The Morgan fingerprint density at radius 1 is 1.00 bits per heavy atom. The molecule has 0 spiro atoms. The lowest BCUT2D eigenvalue weighted by atomic mass is 9.42. The van der Waals surface area contributed by atoms with E-state index >= 15 is 0 Å². The number of carbonyl (C=O) groups is 3. The molecule has 4 aliphatic rings. The summed E-state index contributed by atoms with van der Waals surface area (Å²) in [5.41, 5.74) is -2.68. The molecule has 4 rings (SSSR count). The molecule has 0 aromatic rings. The van der Waals surface area contributed by atoms with E-state index in [1.807, 2.05) is 6.92 Å². The topological polar surface area (TPSA) is 89.9 Å². The summed E-state index contributed by atoms with van der Waals surface area (Å²) in [6, 6.07) is 0. The Morgan fingerprint density at radius 3 is 2.23 bits per heavy atom. The molecule has 0 bridgehead atoms. The summed E-state index contributed by atoms with van der Waals surface area (Å²) in [7, 11) is 1.46. The average molecular weight is 421 g/mol. The molecule has 4 saturated carbocycles. The highest BCUT2D eigenvalue weighted by atomic mass is 16.5. The predicted molar refractivity (Wildman–Crippen MR) is 109 cm³/mol. The van der Waals surface area contributed by atoms with Crippen molar-refractivity contribution in [2.75, 3.05) is 7.11 Å². The zero-order chi connectivity index (χ0) is 22.1. The van der Waals surface area contributed by atoms with Crippen molar-refractivity contribution in [1.29, 1.82) is 0 Å². The molecule has 1 N–H and O–H groups in total. The van der Waals surface area contributed by atoms with Gasteiger partial charge in [-0.2, -0.15) is 0 Å². The van der Waals surface area contributed by atoms with Crippen molar-refractivity contribution in [3.05, 3.63) is 0 Å². The molecule has 30 heavy (non-hydrogen) atoms. The van der Waals surface area contributed by atoms with Crippen LogP contribution >= 0.6 is 0 Å².